The summed E-state index contributed by atoms with van der Waals surface area (Å²) in [7, 11) is 0. The molecule has 6 nitrogen and oxygen atoms in total. The lowest BCUT2D eigenvalue weighted by molar-refractivity contribution is -0.119. The Hall–Kier alpha value is -1.82. The minimum atomic E-state index is -0.372. The zero-order valence-corrected chi connectivity index (χ0v) is 10.8. The van der Waals surface area contributed by atoms with Gasteiger partial charge in [0.15, 0.2) is 0 Å². The lowest BCUT2D eigenvalue weighted by atomic mass is 10.3. The molecular weight excluding hydrogens is 232 g/mol. The van der Waals surface area contributed by atoms with Gasteiger partial charge in [-0.2, -0.15) is 0 Å². The van der Waals surface area contributed by atoms with Crippen molar-refractivity contribution in [3.8, 4) is 0 Å². The van der Waals surface area contributed by atoms with Crippen LogP contribution >= 0.6 is 0 Å². The van der Waals surface area contributed by atoms with Crippen molar-refractivity contribution < 1.29 is 4.79 Å². The first-order chi connectivity index (χ1) is 8.40. The third kappa shape index (κ3) is 4.21. The highest BCUT2D eigenvalue weighted by Gasteiger charge is 2.12. The highest BCUT2D eigenvalue weighted by Crippen LogP contribution is 2.00. The van der Waals surface area contributed by atoms with Crippen molar-refractivity contribution in [2.75, 3.05) is 18.8 Å². The second-order valence-corrected chi connectivity index (χ2v) is 4.52. The number of nitrogens with two attached hydrogens (primary N) is 2. The van der Waals surface area contributed by atoms with Gasteiger partial charge >= 0.3 is 0 Å². The fraction of sp³-hybridized carbons (Fsp3) is 0.500. The summed E-state index contributed by atoms with van der Waals surface area (Å²) in [5.74, 6) is -0.372. The van der Waals surface area contributed by atoms with Gasteiger partial charge in [0, 0.05) is 37.1 Å². The molecule has 0 atom stereocenters. The normalized spacial score (nSPS) is 11.1. The fourth-order valence-corrected chi connectivity index (χ4v) is 1.68. The zero-order chi connectivity index (χ0) is 13.7. The molecule has 4 N–H and O–H groups in total. The van der Waals surface area contributed by atoms with Crippen molar-refractivity contribution in [3.05, 3.63) is 28.7 Å². The Morgan fingerprint density at radius 2 is 2.11 bits per heavy atom. The van der Waals surface area contributed by atoms with Gasteiger partial charge in [0.1, 0.15) is 0 Å². The van der Waals surface area contributed by atoms with Gasteiger partial charge in [-0.25, -0.2) is 0 Å². The number of hydrogen-bond acceptors (Lipinski definition) is 4. The van der Waals surface area contributed by atoms with Gasteiger partial charge in [-0.05, 0) is 19.9 Å². The van der Waals surface area contributed by atoms with Crippen molar-refractivity contribution in [1.29, 1.82) is 0 Å². The molecule has 18 heavy (non-hydrogen) atoms. The quantitative estimate of drug-likeness (QED) is 0.722. The van der Waals surface area contributed by atoms with Crippen LogP contribution in [0.15, 0.2) is 23.1 Å². The number of hydrogen-bond donors (Lipinski definition) is 2. The number of carbonyl (C=O) groups is 1. The van der Waals surface area contributed by atoms with Crippen molar-refractivity contribution in [1.82, 2.24) is 9.47 Å². The molecule has 0 saturated carbocycles. The Morgan fingerprint density at radius 1 is 1.44 bits per heavy atom. The first kappa shape index (κ1) is 14.2. The summed E-state index contributed by atoms with van der Waals surface area (Å²) in [5.41, 5.74) is 11.2. The van der Waals surface area contributed by atoms with Crippen LogP contribution in [0.5, 0.6) is 0 Å². The number of anilines is 1. The molecule has 0 aliphatic rings. The number of carbonyl (C=O) groups excluding carboxylic acids is 1. The number of amides is 1. The second-order valence-electron chi connectivity index (χ2n) is 4.52. The van der Waals surface area contributed by atoms with Crippen molar-refractivity contribution in [2.45, 2.75) is 26.4 Å². The van der Waals surface area contributed by atoms with E-state index in [-0.39, 0.29) is 24.1 Å². The van der Waals surface area contributed by atoms with Crippen LogP contribution in [0, 0.1) is 0 Å². The summed E-state index contributed by atoms with van der Waals surface area (Å²) in [6, 6.07) is 3.19. The Bertz CT molecular complexity index is 467. The monoisotopic (exact) mass is 252 g/mol. The minimum Gasteiger partial charge on any atom is -0.398 e. The van der Waals surface area contributed by atoms with Gasteiger partial charge in [0.25, 0.3) is 5.56 Å². The predicted molar refractivity (Wildman–Crippen MR) is 71.0 cm³/mol. The van der Waals surface area contributed by atoms with E-state index < -0.39 is 0 Å². The number of nitrogens with zero attached hydrogens (tertiary/aromatic N) is 2. The average molecular weight is 252 g/mol. The van der Waals surface area contributed by atoms with Gasteiger partial charge in [0.05, 0.1) is 6.54 Å². The molecule has 0 aliphatic carbocycles. The van der Waals surface area contributed by atoms with E-state index in [0.29, 0.717) is 18.8 Å². The molecular formula is C12H20N4O2. The lowest BCUT2D eigenvalue weighted by Gasteiger charge is -2.25. The molecule has 0 bridgehead atoms. The average Bonchev–Trinajstić information content (AvgIpc) is 2.27. The van der Waals surface area contributed by atoms with Crippen molar-refractivity contribution in [3.63, 3.8) is 0 Å². The maximum absolute atomic E-state index is 11.6. The van der Waals surface area contributed by atoms with Crippen LogP contribution in [0.3, 0.4) is 0 Å². The van der Waals surface area contributed by atoms with Crippen LogP contribution in [0.25, 0.3) is 0 Å². The largest absolute Gasteiger partial charge is 0.398 e. The zero-order valence-electron chi connectivity index (χ0n) is 10.8. The molecule has 1 rings (SSSR count). The molecule has 0 saturated heterocycles. The number of primary amides is 1. The maximum atomic E-state index is 11.6. The standard InChI is InChI=1S/C12H20N4O2/c1-9(2)15(8-11(14)17)5-6-16-7-10(13)3-4-12(16)18/h3-4,7,9H,5-6,8,13H2,1-2H3,(H2,14,17). The van der Waals surface area contributed by atoms with Gasteiger partial charge < -0.3 is 16.0 Å². The third-order valence-corrected chi connectivity index (χ3v) is 2.72. The summed E-state index contributed by atoms with van der Waals surface area (Å²) >= 11 is 0. The molecule has 0 radical (unpaired) electrons. The first-order valence-corrected chi connectivity index (χ1v) is 5.88. The van der Waals surface area contributed by atoms with E-state index >= 15 is 0 Å². The number of nitrogen functional groups attached to an aromatic ring is 1. The molecule has 0 fully saturated rings. The minimum absolute atomic E-state index is 0.105. The Kier molecular flexibility index (Phi) is 4.91. The van der Waals surface area contributed by atoms with Crippen LogP contribution in [-0.2, 0) is 11.3 Å². The number of aromatic nitrogens is 1. The van der Waals surface area contributed by atoms with Gasteiger partial charge in [-0.1, -0.05) is 0 Å². The molecule has 0 unspecified atom stereocenters. The lowest BCUT2D eigenvalue weighted by Crippen LogP contribution is -2.41. The second kappa shape index (κ2) is 6.20. The molecule has 1 amide bonds. The van der Waals surface area contributed by atoms with Crippen LogP contribution in [0.1, 0.15) is 13.8 Å². The topological polar surface area (TPSA) is 94.3 Å². The van der Waals surface area contributed by atoms with E-state index in [1.165, 1.54) is 10.6 Å². The molecule has 1 heterocycles. The van der Waals surface area contributed by atoms with E-state index in [1.807, 2.05) is 18.7 Å². The summed E-state index contributed by atoms with van der Waals surface area (Å²) in [6.45, 7) is 5.20. The SMILES string of the molecule is CC(C)N(CCn1cc(N)ccc1=O)CC(N)=O. The van der Waals surface area contributed by atoms with E-state index in [4.69, 9.17) is 11.5 Å². The smallest absolute Gasteiger partial charge is 0.250 e. The van der Waals surface area contributed by atoms with Crippen LogP contribution < -0.4 is 17.0 Å². The van der Waals surface area contributed by atoms with Crippen molar-refractivity contribution >= 4 is 11.6 Å². The summed E-state index contributed by atoms with van der Waals surface area (Å²) < 4.78 is 1.53. The van der Waals surface area contributed by atoms with E-state index in [0.717, 1.165) is 0 Å². The van der Waals surface area contributed by atoms with Crippen LogP contribution in [0.4, 0.5) is 5.69 Å². The Morgan fingerprint density at radius 3 is 2.67 bits per heavy atom. The first-order valence-electron chi connectivity index (χ1n) is 5.88. The molecule has 1 aromatic heterocycles. The van der Waals surface area contributed by atoms with Gasteiger partial charge in [0.2, 0.25) is 5.91 Å². The number of rotatable bonds is 6. The summed E-state index contributed by atoms with van der Waals surface area (Å²) in [5, 5.41) is 0. The van der Waals surface area contributed by atoms with Crippen LogP contribution in [0.2, 0.25) is 0 Å². The third-order valence-electron chi connectivity index (χ3n) is 2.72. The Balaban J connectivity index is 2.69. The highest BCUT2D eigenvalue weighted by molar-refractivity contribution is 5.75. The summed E-state index contributed by atoms with van der Waals surface area (Å²) in [4.78, 5) is 24.4. The molecule has 0 spiro atoms. The molecule has 1 aromatic rings. The molecule has 0 aromatic carbocycles. The Labute approximate surface area is 106 Å². The molecule has 0 aliphatic heterocycles. The number of pyridine rings is 1. The fourth-order valence-electron chi connectivity index (χ4n) is 1.68. The molecule has 100 valence electrons. The van der Waals surface area contributed by atoms with E-state index in [1.54, 1.807) is 12.3 Å². The van der Waals surface area contributed by atoms with E-state index in [9.17, 15) is 9.59 Å². The predicted octanol–water partition coefficient (Wildman–Crippen LogP) is -0.374. The highest BCUT2D eigenvalue weighted by atomic mass is 16.1. The van der Waals surface area contributed by atoms with Gasteiger partial charge in [-0.15, -0.1) is 0 Å². The molecule has 6 heteroatoms. The van der Waals surface area contributed by atoms with Gasteiger partial charge in [-0.3, -0.25) is 14.5 Å². The van der Waals surface area contributed by atoms with Crippen LogP contribution in [-0.4, -0.2) is 34.5 Å². The van der Waals surface area contributed by atoms with Crippen molar-refractivity contribution in [2.24, 2.45) is 5.73 Å². The summed E-state index contributed by atoms with van der Waals surface area (Å²) in [6.07, 6.45) is 1.60. The van der Waals surface area contributed by atoms with E-state index in [2.05, 4.69) is 0 Å². The maximum Gasteiger partial charge on any atom is 0.250 e.